The standard InChI is InChI=1S/C17H20FN3O2S/c1-3-15-21-11(2)16(24-15)17(23)20-9-8-19-14(22)10-12-4-6-13(18)7-5-12/h4-7H,3,8-10H2,1-2H3,(H,19,22)(H,20,23). The first-order valence-corrected chi connectivity index (χ1v) is 8.57. The van der Waals surface area contributed by atoms with Gasteiger partial charge in [-0.25, -0.2) is 9.37 Å². The van der Waals surface area contributed by atoms with Crippen molar-refractivity contribution in [1.29, 1.82) is 0 Å². The van der Waals surface area contributed by atoms with E-state index < -0.39 is 0 Å². The van der Waals surface area contributed by atoms with Crippen molar-refractivity contribution in [3.05, 3.63) is 51.2 Å². The minimum Gasteiger partial charge on any atom is -0.354 e. The number of hydrogen-bond acceptors (Lipinski definition) is 4. The number of benzene rings is 1. The minimum absolute atomic E-state index is 0.168. The van der Waals surface area contributed by atoms with E-state index in [9.17, 15) is 14.0 Å². The number of carbonyl (C=O) groups is 2. The maximum absolute atomic E-state index is 12.8. The maximum Gasteiger partial charge on any atom is 0.263 e. The molecule has 2 rings (SSSR count). The van der Waals surface area contributed by atoms with Gasteiger partial charge < -0.3 is 10.6 Å². The Hall–Kier alpha value is -2.28. The first-order valence-electron chi connectivity index (χ1n) is 7.75. The predicted molar refractivity (Wildman–Crippen MR) is 91.7 cm³/mol. The van der Waals surface area contributed by atoms with Crippen molar-refractivity contribution in [2.75, 3.05) is 13.1 Å². The van der Waals surface area contributed by atoms with Gasteiger partial charge in [-0.2, -0.15) is 0 Å². The molecule has 0 spiro atoms. The Morgan fingerprint density at radius 3 is 2.46 bits per heavy atom. The molecule has 0 bridgehead atoms. The molecule has 128 valence electrons. The van der Waals surface area contributed by atoms with Gasteiger partial charge in [0.25, 0.3) is 5.91 Å². The average Bonchev–Trinajstić information content (AvgIpc) is 2.95. The van der Waals surface area contributed by atoms with Gasteiger partial charge in [-0.05, 0) is 31.0 Å². The number of halogens is 1. The topological polar surface area (TPSA) is 71.1 Å². The molecule has 0 aliphatic rings. The summed E-state index contributed by atoms with van der Waals surface area (Å²) in [7, 11) is 0. The number of aryl methyl sites for hydroxylation is 2. The Morgan fingerprint density at radius 1 is 1.17 bits per heavy atom. The molecule has 5 nitrogen and oxygen atoms in total. The third-order valence-corrected chi connectivity index (χ3v) is 4.66. The third kappa shape index (κ3) is 5.13. The summed E-state index contributed by atoms with van der Waals surface area (Å²) in [5, 5.41) is 6.43. The van der Waals surface area contributed by atoms with Crippen LogP contribution in [0.1, 0.15) is 32.9 Å². The van der Waals surface area contributed by atoms with Gasteiger partial charge in [0.15, 0.2) is 0 Å². The second kappa shape index (κ2) is 8.54. The van der Waals surface area contributed by atoms with Crippen LogP contribution in [-0.2, 0) is 17.6 Å². The van der Waals surface area contributed by atoms with Crippen LogP contribution in [0.2, 0.25) is 0 Å². The number of hydrogen-bond donors (Lipinski definition) is 2. The summed E-state index contributed by atoms with van der Waals surface area (Å²) >= 11 is 1.39. The average molecular weight is 349 g/mol. The molecule has 1 heterocycles. The number of thiazole rings is 1. The molecule has 0 radical (unpaired) electrons. The smallest absolute Gasteiger partial charge is 0.263 e. The highest BCUT2D eigenvalue weighted by atomic mass is 32.1. The van der Waals surface area contributed by atoms with Gasteiger partial charge in [0.1, 0.15) is 10.7 Å². The third-order valence-electron chi connectivity index (χ3n) is 3.36. The Morgan fingerprint density at radius 2 is 1.83 bits per heavy atom. The van der Waals surface area contributed by atoms with E-state index in [0.717, 1.165) is 22.7 Å². The summed E-state index contributed by atoms with van der Waals surface area (Å²) in [6.45, 7) is 4.49. The molecule has 2 aromatic rings. The fourth-order valence-corrected chi connectivity index (χ4v) is 3.04. The van der Waals surface area contributed by atoms with Crippen molar-refractivity contribution >= 4 is 23.2 Å². The quantitative estimate of drug-likeness (QED) is 0.753. The maximum atomic E-state index is 12.8. The van der Waals surface area contributed by atoms with Crippen molar-refractivity contribution < 1.29 is 14.0 Å². The molecule has 0 aliphatic heterocycles. The zero-order chi connectivity index (χ0) is 17.5. The summed E-state index contributed by atoms with van der Waals surface area (Å²) in [4.78, 5) is 28.8. The number of carbonyl (C=O) groups excluding carboxylic acids is 2. The van der Waals surface area contributed by atoms with Gasteiger partial charge in [-0.3, -0.25) is 9.59 Å². The van der Waals surface area contributed by atoms with Gasteiger partial charge >= 0.3 is 0 Å². The van der Waals surface area contributed by atoms with Crippen LogP contribution in [0.5, 0.6) is 0 Å². The summed E-state index contributed by atoms with van der Waals surface area (Å²) in [6, 6.07) is 5.80. The first-order chi connectivity index (χ1) is 11.5. The van der Waals surface area contributed by atoms with Gasteiger partial charge in [0.05, 0.1) is 17.1 Å². The highest BCUT2D eigenvalue weighted by molar-refractivity contribution is 7.13. The highest BCUT2D eigenvalue weighted by Crippen LogP contribution is 2.18. The van der Waals surface area contributed by atoms with Crippen LogP contribution < -0.4 is 10.6 Å². The van der Waals surface area contributed by atoms with Crippen LogP contribution in [0.3, 0.4) is 0 Å². The Balaban J connectivity index is 1.72. The van der Waals surface area contributed by atoms with Gasteiger partial charge in [0.2, 0.25) is 5.91 Å². The van der Waals surface area contributed by atoms with E-state index in [1.165, 1.54) is 23.5 Å². The van der Waals surface area contributed by atoms with Crippen LogP contribution in [-0.4, -0.2) is 29.9 Å². The van der Waals surface area contributed by atoms with Crippen LogP contribution in [0.4, 0.5) is 4.39 Å². The van der Waals surface area contributed by atoms with Crippen molar-refractivity contribution in [2.45, 2.75) is 26.7 Å². The highest BCUT2D eigenvalue weighted by Gasteiger charge is 2.14. The number of amides is 2. The molecular weight excluding hydrogens is 329 g/mol. The second-order valence-electron chi connectivity index (χ2n) is 5.28. The molecule has 0 aliphatic carbocycles. The molecule has 0 unspecified atom stereocenters. The van der Waals surface area contributed by atoms with Crippen LogP contribution >= 0.6 is 11.3 Å². The molecule has 24 heavy (non-hydrogen) atoms. The summed E-state index contributed by atoms with van der Waals surface area (Å²) < 4.78 is 12.8. The van der Waals surface area contributed by atoms with E-state index in [-0.39, 0.29) is 24.1 Å². The zero-order valence-electron chi connectivity index (χ0n) is 13.7. The monoisotopic (exact) mass is 349 g/mol. The first kappa shape index (κ1) is 18.1. The SMILES string of the molecule is CCc1nc(C)c(C(=O)NCCNC(=O)Cc2ccc(F)cc2)s1. The molecule has 2 amide bonds. The van der Waals surface area contributed by atoms with E-state index >= 15 is 0 Å². The van der Waals surface area contributed by atoms with Crippen molar-refractivity contribution in [3.8, 4) is 0 Å². The zero-order valence-corrected chi connectivity index (χ0v) is 14.5. The van der Waals surface area contributed by atoms with E-state index in [1.807, 2.05) is 13.8 Å². The molecule has 0 atom stereocenters. The lowest BCUT2D eigenvalue weighted by Crippen LogP contribution is -2.35. The Kier molecular flexibility index (Phi) is 6.43. The van der Waals surface area contributed by atoms with Crippen LogP contribution in [0.25, 0.3) is 0 Å². The molecular formula is C17H20FN3O2S. The Labute approximate surface area is 144 Å². The fraction of sp³-hybridized carbons (Fsp3) is 0.353. The number of nitrogens with one attached hydrogen (secondary N) is 2. The lowest BCUT2D eigenvalue weighted by atomic mass is 10.1. The summed E-state index contributed by atoms with van der Waals surface area (Å²) in [6.07, 6.45) is 0.986. The van der Waals surface area contributed by atoms with E-state index in [4.69, 9.17) is 0 Å². The molecule has 0 fully saturated rings. The number of aromatic nitrogens is 1. The lowest BCUT2D eigenvalue weighted by molar-refractivity contribution is -0.120. The predicted octanol–water partition coefficient (Wildman–Crippen LogP) is 2.24. The molecule has 0 saturated carbocycles. The fourth-order valence-electron chi connectivity index (χ4n) is 2.12. The van der Waals surface area contributed by atoms with Crippen LogP contribution in [0.15, 0.2) is 24.3 Å². The van der Waals surface area contributed by atoms with Gasteiger partial charge in [-0.15, -0.1) is 11.3 Å². The largest absolute Gasteiger partial charge is 0.354 e. The Bertz CT molecular complexity index is 713. The molecule has 1 aromatic heterocycles. The van der Waals surface area contributed by atoms with Crippen molar-refractivity contribution in [2.24, 2.45) is 0 Å². The van der Waals surface area contributed by atoms with E-state index in [0.29, 0.717) is 18.0 Å². The normalized spacial score (nSPS) is 10.5. The van der Waals surface area contributed by atoms with E-state index in [1.54, 1.807) is 12.1 Å². The molecule has 0 saturated heterocycles. The second-order valence-corrected chi connectivity index (χ2v) is 6.37. The number of nitrogens with zero attached hydrogens (tertiary/aromatic N) is 1. The molecule has 1 aromatic carbocycles. The molecule has 7 heteroatoms. The summed E-state index contributed by atoms with van der Waals surface area (Å²) in [5.41, 5.74) is 1.47. The minimum atomic E-state index is -0.327. The van der Waals surface area contributed by atoms with Crippen molar-refractivity contribution in [3.63, 3.8) is 0 Å². The van der Waals surface area contributed by atoms with Crippen LogP contribution in [0, 0.1) is 12.7 Å². The van der Waals surface area contributed by atoms with Gasteiger partial charge in [0, 0.05) is 13.1 Å². The molecule has 2 N–H and O–H groups in total. The number of rotatable bonds is 7. The van der Waals surface area contributed by atoms with Crippen molar-refractivity contribution in [1.82, 2.24) is 15.6 Å². The lowest BCUT2D eigenvalue weighted by Gasteiger charge is -2.07. The van der Waals surface area contributed by atoms with E-state index in [2.05, 4.69) is 15.6 Å². The summed E-state index contributed by atoms with van der Waals surface area (Å²) in [5.74, 6) is -0.665. The van der Waals surface area contributed by atoms with Gasteiger partial charge in [-0.1, -0.05) is 19.1 Å².